The van der Waals surface area contributed by atoms with Crippen molar-refractivity contribution in [2.24, 2.45) is 0 Å². The van der Waals surface area contributed by atoms with E-state index in [1.165, 1.54) is 11.1 Å². The van der Waals surface area contributed by atoms with Gasteiger partial charge in [0, 0.05) is 31.9 Å². The van der Waals surface area contributed by atoms with Gasteiger partial charge in [0.2, 0.25) is 0 Å². The van der Waals surface area contributed by atoms with Crippen molar-refractivity contribution in [1.29, 1.82) is 0 Å². The highest BCUT2D eigenvalue weighted by Gasteiger charge is 2.08. The van der Waals surface area contributed by atoms with Crippen LogP contribution in [0.25, 0.3) is 0 Å². The van der Waals surface area contributed by atoms with Crippen LogP contribution >= 0.6 is 11.3 Å². The third-order valence-corrected chi connectivity index (χ3v) is 3.53. The average Bonchev–Trinajstić information content (AvgIpc) is 2.89. The molecule has 96 valence electrons. The van der Waals surface area contributed by atoms with Gasteiger partial charge in [0.25, 0.3) is 0 Å². The highest BCUT2D eigenvalue weighted by Crippen LogP contribution is 2.18. The van der Waals surface area contributed by atoms with Gasteiger partial charge in [-0.2, -0.15) is 11.3 Å². The molecule has 3 nitrogen and oxygen atoms in total. The Bertz CT molecular complexity index is 468. The molecule has 0 unspecified atom stereocenters. The van der Waals surface area contributed by atoms with Crippen molar-refractivity contribution in [2.75, 3.05) is 18.5 Å². The zero-order valence-electron chi connectivity index (χ0n) is 10.9. The van der Waals surface area contributed by atoms with Gasteiger partial charge in [-0.3, -0.25) is 0 Å². The minimum Gasteiger partial charge on any atom is -0.355 e. The van der Waals surface area contributed by atoms with Crippen molar-refractivity contribution in [3.8, 4) is 0 Å². The van der Waals surface area contributed by atoms with E-state index >= 15 is 0 Å². The summed E-state index contributed by atoms with van der Waals surface area (Å²) >= 11 is 1.74. The molecular formula is C14H19N3S. The fourth-order valence-electron chi connectivity index (χ4n) is 1.90. The normalized spacial score (nSPS) is 10.6. The van der Waals surface area contributed by atoms with Crippen LogP contribution in [0.5, 0.6) is 0 Å². The van der Waals surface area contributed by atoms with E-state index in [1.54, 1.807) is 11.3 Å². The Morgan fingerprint density at radius 3 is 3.00 bits per heavy atom. The lowest BCUT2D eigenvalue weighted by Gasteiger charge is -2.20. The molecule has 2 rings (SSSR count). The van der Waals surface area contributed by atoms with Gasteiger partial charge in [0.05, 0.1) is 0 Å². The maximum atomic E-state index is 4.50. The van der Waals surface area contributed by atoms with Gasteiger partial charge in [-0.15, -0.1) is 0 Å². The Morgan fingerprint density at radius 2 is 2.28 bits per heavy atom. The van der Waals surface area contributed by atoms with Crippen molar-refractivity contribution in [1.82, 2.24) is 10.3 Å². The lowest BCUT2D eigenvalue weighted by atomic mass is 10.2. The summed E-state index contributed by atoms with van der Waals surface area (Å²) in [6.45, 7) is 4.86. The first kappa shape index (κ1) is 13.1. The standard InChI is InChI=1S/C14H19N3S/c1-3-15-9-13-5-4-7-16-14(13)17(2)10-12-6-8-18-11-12/h4-8,11,15H,3,9-10H2,1-2H3. The summed E-state index contributed by atoms with van der Waals surface area (Å²) in [6, 6.07) is 6.29. The van der Waals surface area contributed by atoms with E-state index in [0.29, 0.717) is 0 Å². The summed E-state index contributed by atoms with van der Waals surface area (Å²) in [5.41, 5.74) is 2.58. The monoisotopic (exact) mass is 261 g/mol. The van der Waals surface area contributed by atoms with Crippen molar-refractivity contribution < 1.29 is 0 Å². The quantitative estimate of drug-likeness (QED) is 0.866. The Labute approximate surface area is 112 Å². The van der Waals surface area contributed by atoms with Gasteiger partial charge >= 0.3 is 0 Å². The second kappa shape index (κ2) is 6.52. The molecule has 0 atom stereocenters. The first-order chi connectivity index (χ1) is 8.81. The lowest BCUT2D eigenvalue weighted by Crippen LogP contribution is -2.21. The maximum absolute atomic E-state index is 4.50. The number of nitrogens with one attached hydrogen (secondary N) is 1. The van der Waals surface area contributed by atoms with Crippen LogP contribution in [0, 0.1) is 0 Å². The molecule has 0 amide bonds. The Kier molecular flexibility index (Phi) is 4.73. The van der Waals surface area contributed by atoms with E-state index in [0.717, 1.165) is 25.5 Å². The van der Waals surface area contributed by atoms with Crippen molar-refractivity contribution in [2.45, 2.75) is 20.0 Å². The first-order valence-electron chi connectivity index (χ1n) is 6.18. The van der Waals surface area contributed by atoms with E-state index in [-0.39, 0.29) is 0 Å². The van der Waals surface area contributed by atoms with Crippen LogP contribution in [-0.4, -0.2) is 18.6 Å². The molecule has 2 aromatic heterocycles. The molecule has 0 bridgehead atoms. The number of nitrogens with zero attached hydrogens (tertiary/aromatic N) is 2. The summed E-state index contributed by atoms with van der Waals surface area (Å²) in [6.07, 6.45) is 1.86. The van der Waals surface area contributed by atoms with Crippen LogP contribution < -0.4 is 10.2 Å². The molecule has 0 aliphatic carbocycles. The summed E-state index contributed by atoms with van der Waals surface area (Å²) in [4.78, 5) is 6.70. The second-order valence-electron chi connectivity index (χ2n) is 4.25. The molecule has 0 aliphatic heterocycles. The molecule has 0 saturated heterocycles. The Balaban J connectivity index is 2.11. The second-order valence-corrected chi connectivity index (χ2v) is 5.03. The number of rotatable bonds is 6. The Morgan fingerprint density at radius 1 is 1.39 bits per heavy atom. The van der Waals surface area contributed by atoms with Gasteiger partial charge in [-0.25, -0.2) is 4.98 Å². The zero-order valence-corrected chi connectivity index (χ0v) is 11.7. The first-order valence-corrected chi connectivity index (χ1v) is 7.12. The maximum Gasteiger partial charge on any atom is 0.133 e. The number of aromatic nitrogens is 1. The van der Waals surface area contributed by atoms with Crippen LogP contribution in [0.2, 0.25) is 0 Å². The number of hydrogen-bond donors (Lipinski definition) is 1. The summed E-state index contributed by atoms with van der Waals surface area (Å²) < 4.78 is 0. The fraction of sp³-hybridized carbons (Fsp3) is 0.357. The number of hydrogen-bond acceptors (Lipinski definition) is 4. The topological polar surface area (TPSA) is 28.2 Å². The molecule has 4 heteroatoms. The lowest BCUT2D eigenvalue weighted by molar-refractivity contribution is 0.719. The zero-order chi connectivity index (χ0) is 12.8. The number of thiophene rings is 1. The third-order valence-electron chi connectivity index (χ3n) is 2.79. The molecular weight excluding hydrogens is 242 g/mol. The highest BCUT2D eigenvalue weighted by atomic mass is 32.1. The predicted octanol–water partition coefficient (Wildman–Crippen LogP) is 2.89. The average molecular weight is 261 g/mol. The molecule has 0 radical (unpaired) electrons. The molecule has 18 heavy (non-hydrogen) atoms. The Hall–Kier alpha value is -1.39. The smallest absolute Gasteiger partial charge is 0.133 e. The third kappa shape index (κ3) is 3.31. The summed E-state index contributed by atoms with van der Waals surface area (Å²) in [5.74, 6) is 1.06. The van der Waals surface area contributed by atoms with Crippen LogP contribution in [0.3, 0.4) is 0 Å². The van der Waals surface area contributed by atoms with E-state index in [1.807, 2.05) is 12.3 Å². The molecule has 0 aromatic carbocycles. The van der Waals surface area contributed by atoms with Crippen LogP contribution in [0.4, 0.5) is 5.82 Å². The summed E-state index contributed by atoms with van der Waals surface area (Å²) in [7, 11) is 2.09. The van der Waals surface area contributed by atoms with Gasteiger partial charge in [-0.1, -0.05) is 13.0 Å². The molecule has 1 N–H and O–H groups in total. The minimum atomic E-state index is 0.869. The molecule has 0 fully saturated rings. The number of anilines is 1. The van der Waals surface area contributed by atoms with E-state index < -0.39 is 0 Å². The van der Waals surface area contributed by atoms with Crippen LogP contribution in [-0.2, 0) is 13.1 Å². The van der Waals surface area contributed by atoms with Crippen molar-refractivity contribution in [3.63, 3.8) is 0 Å². The van der Waals surface area contributed by atoms with E-state index in [4.69, 9.17) is 0 Å². The molecule has 0 aliphatic rings. The SMILES string of the molecule is CCNCc1cccnc1N(C)Cc1ccsc1. The molecule has 0 saturated carbocycles. The van der Waals surface area contributed by atoms with Gasteiger partial charge in [0.15, 0.2) is 0 Å². The van der Waals surface area contributed by atoms with E-state index in [2.05, 4.69) is 52.1 Å². The van der Waals surface area contributed by atoms with Crippen LogP contribution in [0.15, 0.2) is 35.2 Å². The van der Waals surface area contributed by atoms with Gasteiger partial charge in [0.1, 0.15) is 5.82 Å². The van der Waals surface area contributed by atoms with Gasteiger partial charge < -0.3 is 10.2 Å². The molecule has 0 spiro atoms. The molecule has 2 heterocycles. The van der Waals surface area contributed by atoms with Crippen LogP contribution in [0.1, 0.15) is 18.1 Å². The number of pyridine rings is 1. The van der Waals surface area contributed by atoms with Crippen molar-refractivity contribution >= 4 is 17.2 Å². The summed E-state index contributed by atoms with van der Waals surface area (Å²) in [5, 5.41) is 7.65. The van der Waals surface area contributed by atoms with Crippen molar-refractivity contribution in [3.05, 3.63) is 46.3 Å². The highest BCUT2D eigenvalue weighted by molar-refractivity contribution is 7.07. The molecule has 2 aromatic rings. The predicted molar refractivity (Wildman–Crippen MR) is 78.0 cm³/mol. The largest absolute Gasteiger partial charge is 0.355 e. The minimum absolute atomic E-state index is 0.869. The fourth-order valence-corrected chi connectivity index (χ4v) is 2.56. The van der Waals surface area contributed by atoms with E-state index in [9.17, 15) is 0 Å². The van der Waals surface area contributed by atoms with Gasteiger partial charge in [-0.05, 0) is 35.0 Å².